The van der Waals surface area contributed by atoms with Crippen LogP contribution in [-0.2, 0) is 14.8 Å². The highest BCUT2D eigenvalue weighted by atomic mass is 32.2. The molecule has 0 spiro atoms. The molecule has 0 radical (unpaired) electrons. The number of carbonyl (C=O) groups is 1. The summed E-state index contributed by atoms with van der Waals surface area (Å²) in [4.78, 5) is 12.8. The van der Waals surface area contributed by atoms with Crippen LogP contribution in [0.3, 0.4) is 0 Å². The molecule has 2 aromatic carbocycles. The summed E-state index contributed by atoms with van der Waals surface area (Å²) in [5.74, 6) is 0.777. The summed E-state index contributed by atoms with van der Waals surface area (Å²) in [5, 5.41) is 2.94. The van der Waals surface area contributed by atoms with Crippen molar-refractivity contribution in [2.45, 2.75) is 33.2 Å². The molecule has 0 aliphatic rings. The maximum atomic E-state index is 12.8. The van der Waals surface area contributed by atoms with Crippen LogP contribution in [-0.4, -0.2) is 41.3 Å². The van der Waals surface area contributed by atoms with Crippen LogP contribution in [0.4, 0.5) is 5.69 Å². The molecule has 164 valence electrons. The molecule has 30 heavy (non-hydrogen) atoms. The third kappa shape index (κ3) is 5.66. The van der Waals surface area contributed by atoms with Gasteiger partial charge in [0.1, 0.15) is 6.54 Å². The van der Waals surface area contributed by atoms with Crippen LogP contribution in [0.15, 0.2) is 36.4 Å². The van der Waals surface area contributed by atoms with Crippen LogP contribution in [0.25, 0.3) is 0 Å². The first-order valence-electron chi connectivity index (χ1n) is 9.67. The Bertz CT molecular complexity index is 1000. The fourth-order valence-electron chi connectivity index (χ4n) is 3.23. The molecule has 0 aromatic heterocycles. The number of hydrogen-bond donors (Lipinski definition) is 1. The predicted molar refractivity (Wildman–Crippen MR) is 119 cm³/mol. The summed E-state index contributed by atoms with van der Waals surface area (Å²) in [6.45, 7) is 5.35. The summed E-state index contributed by atoms with van der Waals surface area (Å²) in [6.07, 6.45) is 1.73. The molecule has 0 fully saturated rings. The zero-order valence-corrected chi connectivity index (χ0v) is 19.2. The van der Waals surface area contributed by atoms with Gasteiger partial charge in [-0.25, -0.2) is 8.42 Å². The van der Waals surface area contributed by atoms with E-state index in [1.165, 1.54) is 0 Å². The predicted octanol–water partition coefficient (Wildman–Crippen LogP) is 3.35. The van der Waals surface area contributed by atoms with Gasteiger partial charge in [-0.15, -0.1) is 0 Å². The van der Waals surface area contributed by atoms with Gasteiger partial charge in [0.05, 0.1) is 32.2 Å². The normalized spacial score (nSPS) is 12.2. The maximum absolute atomic E-state index is 12.8. The number of benzene rings is 2. The second-order valence-corrected chi connectivity index (χ2v) is 9.11. The molecule has 0 heterocycles. The number of amides is 1. The molecular weight excluding hydrogens is 404 g/mol. The Hall–Kier alpha value is -2.74. The van der Waals surface area contributed by atoms with Crippen molar-refractivity contribution in [1.82, 2.24) is 5.32 Å². The number of rotatable bonds is 9. The highest BCUT2D eigenvalue weighted by Crippen LogP contribution is 2.31. The summed E-state index contributed by atoms with van der Waals surface area (Å²) >= 11 is 0. The minimum atomic E-state index is -3.64. The van der Waals surface area contributed by atoms with E-state index in [2.05, 4.69) is 5.32 Å². The second kappa shape index (κ2) is 9.84. The van der Waals surface area contributed by atoms with E-state index in [0.717, 1.165) is 27.3 Å². The minimum Gasteiger partial charge on any atom is -0.493 e. The monoisotopic (exact) mass is 434 g/mol. The van der Waals surface area contributed by atoms with Gasteiger partial charge in [-0.2, -0.15) is 0 Å². The van der Waals surface area contributed by atoms with Crippen molar-refractivity contribution in [3.8, 4) is 11.5 Å². The Labute approximate surface area is 179 Å². The Kier molecular flexibility index (Phi) is 7.72. The number of ether oxygens (including phenoxy) is 2. The summed E-state index contributed by atoms with van der Waals surface area (Å²) in [5.41, 5.74) is 3.06. The van der Waals surface area contributed by atoms with Gasteiger partial charge in [0.25, 0.3) is 0 Å². The van der Waals surface area contributed by atoms with Gasteiger partial charge in [-0.05, 0) is 55.2 Å². The van der Waals surface area contributed by atoms with Crippen LogP contribution in [0, 0.1) is 13.8 Å². The molecule has 0 aliphatic heterocycles. The molecule has 0 saturated carbocycles. The highest BCUT2D eigenvalue weighted by molar-refractivity contribution is 7.92. The first-order chi connectivity index (χ1) is 14.1. The average Bonchev–Trinajstić information content (AvgIpc) is 2.70. The van der Waals surface area contributed by atoms with E-state index in [-0.39, 0.29) is 18.5 Å². The third-order valence-electron chi connectivity index (χ3n) is 4.87. The smallest absolute Gasteiger partial charge is 0.241 e. The molecule has 2 aromatic rings. The van der Waals surface area contributed by atoms with E-state index in [1.54, 1.807) is 26.4 Å². The fraction of sp³-hybridized carbons (Fsp3) is 0.409. The molecule has 0 unspecified atom stereocenters. The largest absolute Gasteiger partial charge is 0.493 e. The van der Waals surface area contributed by atoms with Gasteiger partial charge in [0, 0.05) is 0 Å². The zero-order chi connectivity index (χ0) is 22.5. The van der Waals surface area contributed by atoms with Gasteiger partial charge < -0.3 is 14.8 Å². The van der Waals surface area contributed by atoms with Crippen molar-refractivity contribution in [1.29, 1.82) is 0 Å². The number of hydrogen-bond acceptors (Lipinski definition) is 5. The first kappa shape index (κ1) is 23.5. The van der Waals surface area contributed by atoms with Crippen molar-refractivity contribution in [3.05, 3.63) is 53.1 Å². The topological polar surface area (TPSA) is 84.9 Å². The SMILES string of the molecule is CC[C@@H](NC(=O)CN(c1cc(C)ccc1C)S(C)(=O)=O)c1ccc(OC)c(OC)c1. The minimum absolute atomic E-state index is 0.294. The van der Waals surface area contributed by atoms with Crippen LogP contribution in [0.1, 0.15) is 36.1 Å². The Morgan fingerprint density at radius 2 is 1.73 bits per heavy atom. The molecule has 1 atom stereocenters. The van der Waals surface area contributed by atoms with Crippen LogP contribution in [0.2, 0.25) is 0 Å². The van der Waals surface area contributed by atoms with Crippen molar-refractivity contribution in [2.75, 3.05) is 31.3 Å². The number of sulfonamides is 1. The Balaban J connectivity index is 2.26. The maximum Gasteiger partial charge on any atom is 0.241 e. The van der Waals surface area contributed by atoms with Gasteiger partial charge >= 0.3 is 0 Å². The van der Waals surface area contributed by atoms with E-state index in [9.17, 15) is 13.2 Å². The molecule has 8 heteroatoms. The van der Waals surface area contributed by atoms with Crippen molar-refractivity contribution in [2.24, 2.45) is 0 Å². The van der Waals surface area contributed by atoms with Crippen LogP contribution < -0.4 is 19.1 Å². The number of nitrogens with zero attached hydrogens (tertiary/aromatic N) is 1. The van der Waals surface area contributed by atoms with Crippen LogP contribution in [0.5, 0.6) is 11.5 Å². The van der Waals surface area contributed by atoms with Gasteiger partial charge in [0.2, 0.25) is 15.9 Å². The number of anilines is 1. The fourth-order valence-corrected chi connectivity index (χ4v) is 4.14. The lowest BCUT2D eigenvalue weighted by Gasteiger charge is -2.26. The third-order valence-corrected chi connectivity index (χ3v) is 6.00. The van der Waals surface area contributed by atoms with E-state index in [1.807, 2.05) is 45.0 Å². The molecule has 0 aliphatic carbocycles. The lowest BCUT2D eigenvalue weighted by molar-refractivity contribution is -0.120. The second-order valence-electron chi connectivity index (χ2n) is 7.20. The van der Waals surface area contributed by atoms with Crippen molar-refractivity contribution in [3.63, 3.8) is 0 Å². The Morgan fingerprint density at radius 1 is 1.07 bits per heavy atom. The van der Waals surface area contributed by atoms with Crippen LogP contribution >= 0.6 is 0 Å². The van der Waals surface area contributed by atoms with E-state index < -0.39 is 10.0 Å². The van der Waals surface area contributed by atoms with Gasteiger partial charge in [0.15, 0.2) is 11.5 Å². The van der Waals surface area contributed by atoms with E-state index in [0.29, 0.717) is 23.6 Å². The number of nitrogens with one attached hydrogen (secondary N) is 1. The molecule has 1 N–H and O–H groups in total. The average molecular weight is 435 g/mol. The molecule has 7 nitrogen and oxygen atoms in total. The summed E-state index contributed by atoms with van der Waals surface area (Å²) < 4.78 is 36.6. The highest BCUT2D eigenvalue weighted by Gasteiger charge is 2.24. The lowest BCUT2D eigenvalue weighted by Crippen LogP contribution is -2.41. The molecule has 1 amide bonds. The summed E-state index contributed by atoms with van der Waals surface area (Å²) in [7, 11) is -0.533. The van der Waals surface area contributed by atoms with Crippen molar-refractivity contribution >= 4 is 21.6 Å². The van der Waals surface area contributed by atoms with Gasteiger partial charge in [-0.1, -0.05) is 25.1 Å². The first-order valence-corrected chi connectivity index (χ1v) is 11.5. The number of carbonyl (C=O) groups excluding carboxylic acids is 1. The lowest BCUT2D eigenvalue weighted by atomic mass is 10.0. The molecule has 0 saturated heterocycles. The molecule has 0 bridgehead atoms. The Morgan fingerprint density at radius 3 is 2.30 bits per heavy atom. The van der Waals surface area contributed by atoms with E-state index >= 15 is 0 Å². The molecule has 2 rings (SSSR count). The number of aryl methyl sites for hydroxylation is 2. The summed E-state index contributed by atoms with van der Waals surface area (Å²) in [6, 6.07) is 10.7. The zero-order valence-electron chi connectivity index (χ0n) is 18.4. The standard InChI is InChI=1S/C22H30N2O5S/c1-7-18(17-10-11-20(28-4)21(13-17)29-5)23-22(25)14-24(30(6,26)27)19-12-15(2)8-9-16(19)3/h8-13,18H,7,14H2,1-6H3,(H,23,25)/t18-/m1/s1. The van der Waals surface area contributed by atoms with Gasteiger partial charge in [-0.3, -0.25) is 9.10 Å². The number of methoxy groups -OCH3 is 2. The van der Waals surface area contributed by atoms with E-state index in [4.69, 9.17) is 9.47 Å². The molecular formula is C22H30N2O5S. The quantitative estimate of drug-likeness (QED) is 0.654. The van der Waals surface area contributed by atoms with Crippen molar-refractivity contribution < 1.29 is 22.7 Å².